The number of imidazole rings is 1. The Hall–Kier alpha value is -1.38. The number of carboxylic acid groups (broad SMARTS) is 1. The van der Waals surface area contributed by atoms with Gasteiger partial charge in [-0.3, -0.25) is 9.78 Å². The Morgan fingerprint density at radius 3 is 2.73 bits per heavy atom. The molecule has 9 heteroatoms. The number of rotatable bonds is 0. The predicted molar refractivity (Wildman–Crippen MR) is 41.8 cm³/mol. The largest absolute Gasteiger partial charge is 1.00 e. The van der Waals surface area contributed by atoms with Gasteiger partial charge in [0.05, 0.1) is 6.33 Å². The molecule has 0 aliphatic carbocycles. The summed E-state index contributed by atoms with van der Waals surface area (Å²) in [7, 11) is 0. The van der Waals surface area contributed by atoms with Gasteiger partial charge < -0.3 is 14.9 Å². The minimum absolute atomic E-state index is 0. The molecule has 0 fully saturated rings. The van der Waals surface area contributed by atoms with Crippen molar-refractivity contribution >= 4 is 17.3 Å². The molecule has 0 spiro atoms. The molecule has 2 heterocycles. The molecule has 0 saturated heterocycles. The van der Waals surface area contributed by atoms with Crippen LogP contribution in [-0.2, 0) is 0 Å². The van der Waals surface area contributed by atoms with E-state index < -0.39 is 17.3 Å². The fraction of sp³-hybridized carbons (Fsp3) is 0. The quantitative estimate of drug-likeness (QED) is 0.427. The van der Waals surface area contributed by atoms with Crippen molar-refractivity contribution in [2.75, 3.05) is 0 Å². The van der Waals surface area contributed by atoms with Crippen molar-refractivity contribution in [1.29, 1.82) is 0 Å². The van der Waals surface area contributed by atoms with Gasteiger partial charge in [0.2, 0.25) is 0 Å². The van der Waals surface area contributed by atoms with E-state index in [1.165, 1.54) is 6.33 Å². The van der Waals surface area contributed by atoms with Crippen LogP contribution in [0.4, 0.5) is 4.79 Å². The molecule has 0 amide bonds. The van der Waals surface area contributed by atoms with Crippen molar-refractivity contribution < 1.29 is 39.5 Å². The molecule has 2 N–H and O–H groups in total. The average molecular weight is 218 g/mol. The van der Waals surface area contributed by atoms with Crippen molar-refractivity contribution in [2.24, 2.45) is 0 Å². The first-order chi connectivity index (χ1) is 6.61. The molecule has 0 aliphatic rings. The third-order valence-corrected chi connectivity index (χ3v) is 1.67. The third-order valence-electron chi connectivity index (χ3n) is 1.67. The van der Waals surface area contributed by atoms with Gasteiger partial charge in [0.25, 0.3) is 5.56 Å². The summed E-state index contributed by atoms with van der Waals surface area (Å²) in [5.74, 6) is 0. The predicted octanol–water partition coefficient (Wildman–Crippen LogP) is -5.39. The van der Waals surface area contributed by atoms with Crippen LogP contribution in [0, 0.1) is 0 Å². The van der Waals surface area contributed by atoms with Gasteiger partial charge in [-0.25, -0.2) is 14.3 Å². The van der Waals surface area contributed by atoms with Crippen molar-refractivity contribution in [3.8, 4) is 0 Å². The number of aromatic amines is 2. The average Bonchev–Trinajstić information content (AvgIpc) is 2.50. The number of H-pyrrole nitrogens is 2. The Bertz CT molecular complexity index is 624. The van der Waals surface area contributed by atoms with Crippen LogP contribution < -0.4 is 45.9 Å². The SMILES string of the molecule is O=C([O-])n1c(=O)[nH]c2nc[nH]c2c1=O.[Na+]. The maximum absolute atomic E-state index is 11.3. The molecule has 72 valence electrons. The summed E-state index contributed by atoms with van der Waals surface area (Å²) in [5, 5.41) is 10.4. The standard InChI is InChI=1S/C6H4N4O4.Na/c11-4-2-3(8-1-7-2)9-5(12)10(4)6(13)14;/h1H,(H,7,8)(H,9,12)(H,13,14);/q;+1/p-1. The second-order valence-corrected chi connectivity index (χ2v) is 2.46. The molecule has 0 aliphatic heterocycles. The zero-order valence-electron chi connectivity index (χ0n) is 7.60. The zero-order valence-corrected chi connectivity index (χ0v) is 9.60. The minimum atomic E-state index is -1.88. The van der Waals surface area contributed by atoms with Crippen LogP contribution in [0.5, 0.6) is 0 Å². The summed E-state index contributed by atoms with van der Waals surface area (Å²) in [6, 6.07) is 0. The minimum Gasteiger partial charge on any atom is -0.529 e. The van der Waals surface area contributed by atoms with Gasteiger partial charge in [0, 0.05) is 0 Å². The molecule has 2 aromatic heterocycles. The summed E-state index contributed by atoms with van der Waals surface area (Å²) in [4.78, 5) is 40.8. The van der Waals surface area contributed by atoms with Crippen LogP contribution in [0.2, 0.25) is 0 Å². The van der Waals surface area contributed by atoms with E-state index in [0.717, 1.165) is 0 Å². The molecule has 2 rings (SSSR count). The van der Waals surface area contributed by atoms with E-state index in [1.807, 2.05) is 0 Å². The van der Waals surface area contributed by atoms with Crippen LogP contribution in [0.25, 0.3) is 11.2 Å². The van der Waals surface area contributed by atoms with Crippen molar-refractivity contribution in [1.82, 2.24) is 19.5 Å². The zero-order chi connectivity index (χ0) is 10.3. The van der Waals surface area contributed by atoms with E-state index >= 15 is 0 Å². The molecule has 0 saturated carbocycles. The number of nitrogens with zero attached hydrogens (tertiary/aromatic N) is 2. The number of carbonyl (C=O) groups is 1. The number of fused-ring (bicyclic) bond motifs is 1. The number of aromatic nitrogens is 4. The molecular weight excluding hydrogens is 215 g/mol. The maximum Gasteiger partial charge on any atom is 1.00 e. The Morgan fingerprint density at radius 1 is 1.47 bits per heavy atom. The molecule has 15 heavy (non-hydrogen) atoms. The topological polar surface area (TPSA) is 124 Å². The van der Waals surface area contributed by atoms with E-state index in [-0.39, 0.29) is 45.3 Å². The van der Waals surface area contributed by atoms with Gasteiger partial charge in [-0.1, -0.05) is 0 Å². The molecule has 0 unspecified atom stereocenters. The molecular formula is C6H3N4NaO4. The second-order valence-electron chi connectivity index (χ2n) is 2.46. The Labute approximate surface area is 103 Å². The van der Waals surface area contributed by atoms with E-state index in [1.54, 1.807) is 0 Å². The Morgan fingerprint density at radius 2 is 2.13 bits per heavy atom. The second kappa shape index (κ2) is 4.01. The number of hydrogen-bond donors (Lipinski definition) is 2. The van der Waals surface area contributed by atoms with Gasteiger partial charge in [-0.15, -0.1) is 0 Å². The summed E-state index contributed by atoms with van der Waals surface area (Å²) in [6.45, 7) is 0. The fourth-order valence-electron chi connectivity index (χ4n) is 1.08. The van der Waals surface area contributed by atoms with Crippen molar-refractivity contribution in [2.45, 2.75) is 0 Å². The van der Waals surface area contributed by atoms with E-state index in [4.69, 9.17) is 0 Å². The first kappa shape index (κ1) is 11.7. The monoisotopic (exact) mass is 218 g/mol. The normalized spacial score (nSPS) is 9.87. The molecule has 2 aromatic rings. The van der Waals surface area contributed by atoms with Crippen LogP contribution in [0.1, 0.15) is 0 Å². The smallest absolute Gasteiger partial charge is 0.529 e. The van der Waals surface area contributed by atoms with E-state index in [0.29, 0.717) is 0 Å². The van der Waals surface area contributed by atoms with Crippen molar-refractivity contribution in [3.63, 3.8) is 0 Å². The molecule has 0 aromatic carbocycles. The number of nitrogens with one attached hydrogen (secondary N) is 2. The van der Waals surface area contributed by atoms with Gasteiger partial charge in [-0.2, -0.15) is 0 Å². The Balaban J connectivity index is 0.00000112. The summed E-state index contributed by atoms with van der Waals surface area (Å²) in [5.41, 5.74) is -2.16. The number of carbonyl (C=O) groups excluding carboxylic acids is 1. The molecule has 0 radical (unpaired) electrons. The summed E-state index contributed by atoms with van der Waals surface area (Å²) in [6.07, 6.45) is -0.713. The van der Waals surface area contributed by atoms with Crippen LogP contribution in [0.15, 0.2) is 15.9 Å². The Kier molecular flexibility index (Phi) is 3.12. The van der Waals surface area contributed by atoms with Gasteiger partial charge in [-0.05, 0) is 0 Å². The van der Waals surface area contributed by atoms with Crippen LogP contribution >= 0.6 is 0 Å². The fourth-order valence-corrected chi connectivity index (χ4v) is 1.08. The molecule has 8 nitrogen and oxygen atoms in total. The molecule has 0 bridgehead atoms. The number of hydrogen-bond acceptors (Lipinski definition) is 5. The first-order valence-electron chi connectivity index (χ1n) is 3.51. The van der Waals surface area contributed by atoms with Gasteiger partial charge >= 0.3 is 35.2 Å². The van der Waals surface area contributed by atoms with E-state index in [9.17, 15) is 19.5 Å². The van der Waals surface area contributed by atoms with Crippen LogP contribution in [0.3, 0.4) is 0 Å². The van der Waals surface area contributed by atoms with Gasteiger partial charge in [0.15, 0.2) is 11.7 Å². The van der Waals surface area contributed by atoms with Crippen molar-refractivity contribution in [3.05, 3.63) is 27.2 Å². The summed E-state index contributed by atoms with van der Waals surface area (Å²) >= 11 is 0. The first-order valence-corrected chi connectivity index (χ1v) is 3.51. The maximum atomic E-state index is 11.3. The summed E-state index contributed by atoms with van der Waals surface area (Å²) < 4.78 is -0.0412. The third kappa shape index (κ3) is 1.74. The van der Waals surface area contributed by atoms with Gasteiger partial charge in [0.1, 0.15) is 5.52 Å². The molecule has 0 atom stereocenters. The van der Waals surface area contributed by atoms with Crippen LogP contribution in [-0.4, -0.2) is 25.6 Å². The van der Waals surface area contributed by atoms with E-state index in [2.05, 4.69) is 15.0 Å².